The number of aryl methyl sites for hydroxylation is 3. The minimum atomic E-state index is -4.24. The van der Waals surface area contributed by atoms with E-state index in [1.807, 2.05) is 6.92 Å². The number of hydrogen-bond acceptors (Lipinski definition) is 4. The quantitative estimate of drug-likeness (QED) is 0.409. The zero-order chi connectivity index (χ0) is 22.9. The van der Waals surface area contributed by atoms with Crippen molar-refractivity contribution in [2.75, 3.05) is 17.2 Å². The van der Waals surface area contributed by atoms with Gasteiger partial charge in [-0.15, -0.1) is 0 Å². The van der Waals surface area contributed by atoms with E-state index in [-0.39, 0.29) is 12.2 Å². The maximum atomic E-state index is 11.2. The van der Waals surface area contributed by atoms with E-state index in [4.69, 9.17) is 0 Å². The number of hydrogen-bond donors (Lipinski definition) is 0. The lowest BCUT2D eigenvalue weighted by molar-refractivity contribution is -0.669. The van der Waals surface area contributed by atoms with Crippen LogP contribution in [0.25, 0.3) is 23.1 Å². The van der Waals surface area contributed by atoms with E-state index in [9.17, 15) is 13.0 Å². The number of aromatic nitrogens is 1. The Labute approximate surface area is 190 Å². The van der Waals surface area contributed by atoms with Gasteiger partial charge in [-0.1, -0.05) is 29.8 Å². The largest absolute Gasteiger partial charge is 0.748 e. The summed E-state index contributed by atoms with van der Waals surface area (Å²) in [5.74, 6) is -0.369. The smallest absolute Gasteiger partial charge is 0.212 e. The summed E-state index contributed by atoms with van der Waals surface area (Å²) in [5.41, 5.74) is 7.68. The van der Waals surface area contributed by atoms with Gasteiger partial charge in [-0.05, 0) is 62.6 Å². The van der Waals surface area contributed by atoms with Crippen molar-refractivity contribution in [2.24, 2.45) is 0 Å². The van der Waals surface area contributed by atoms with Gasteiger partial charge in [0.15, 0.2) is 0 Å². The van der Waals surface area contributed by atoms with Crippen LogP contribution < -0.4 is 9.47 Å². The summed E-state index contributed by atoms with van der Waals surface area (Å²) in [5, 5.41) is 1.20. The van der Waals surface area contributed by atoms with Crippen LogP contribution in [0.2, 0.25) is 0 Å². The molecule has 0 atom stereocenters. The molecule has 1 aliphatic rings. The molecule has 6 heteroatoms. The van der Waals surface area contributed by atoms with E-state index in [1.54, 1.807) is 0 Å². The van der Waals surface area contributed by atoms with Gasteiger partial charge in [0.2, 0.25) is 11.2 Å². The molecule has 166 valence electrons. The molecule has 1 aliphatic heterocycles. The van der Waals surface area contributed by atoms with Gasteiger partial charge in [0, 0.05) is 47.3 Å². The molecular weight excluding hydrogens is 420 g/mol. The average Bonchev–Trinajstić information content (AvgIpc) is 2.74. The Balaban J connectivity index is 1.79. The number of benzene rings is 2. The van der Waals surface area contributed by atoms with Crippen molar-refractivity contribution in [3.05, 3.63) is 82.7 Å². The van der Waals surface area contributed by atoms with Gasteiger partial charge >= 0.3 is 0 Å². The van der Waals surface area contributed by atoms with Gasteiger partial charge in [-0.2, -0.15) is 4.57 Å². The van der Waals surface area contributed by atoms with E-state index in [1.165, 1.54) is 16.5 Å². The normalized spacial score (nSPS) is 14.9. The first-order valence-corrected chi connectivity index (χ1v) is 12.5. The number of allylic oxidation sites excluding steroid dienone is 1. The fourth-order valence-corrected chi connectivity index (χ4v) is 4.78. The summed E-state index contributed by atoms with van der Waals surface area (Å²) in [6.45, 7) is 7.55. The molecule has 0 radical (unpaired) electrons. The third-order valence-electron chi connectivity index (χ3n) is 5.83. The van der Waals surface area contributed by atoms with E-state index in [0.29, 0.717) is 6.54 Å². The third-order valence-corrected chi connectivity index (χ3v) is 6.62. The Morgan fingerprint density at radius 2 is 1.75 bits per heavy atom. The minimum absolute atomic E-state index is 0.273. The topological polar surface area (TPSA) is 64.3 Å². The van der Waals surface area contributed by atoms with E-state index in [2.05, 4.69) is 90.1 Å². The van der Waals surface area contributed by atoms with Gasteiger partial charge in [0.1, 0.15) is 6.54 Å². The zero-order valence-corrected chi connectivity index (χ0v) is 19.5. The Morgan fingerprint density at radius 3 is 2.50 bits per heavy atom. The first kappa shape index (κ1) is 22.2. The van der Waals surface area contributed by atoms with Crippen LogP contribution >= 0.6 is 0 Å². The lowest BCUT2D eigenvalue weighted by atomic mass is 10.0. The predicted molar refractivity (Wildman–Crippen MR) is 129 cm³/mol. The van der Waals surface area contributed by atoms with E-state index in [0.717, 1.165) is 34.8 Å². The van der Waals surface area contributed by atoms with Crippen LogP contribution in [-0.4, -0.2) is 25.3 Å². The van der Waals surface area contributed by atoms with Crippen molar-refractivity contribution >= 4 is 38.9 Å². The summed E-state index contributed by atoms with van der Waals surface area (Å²) in [6.07, 6.45) is 6.55. The summed E-state index contributed by atoms with van der Waals surface area (Å²) < 4.78 is 35.8. The molecule has 0 saturated carbocycles. The van der Waals surface area contributed by atoms with Crippen LogP contribution in [0, 0.1) is 13.8 Å². The number of rotatable bonds is 6. The molecular formula is C26H28N2O3S. The van der Waals surface area contributed by atoms with Crippen LogP contribution in [-0.2, 0) is 16.7 Å². The van der Waals surface area contributed by atoms with Crippen molar-refractivity contribution in [3.63, 3.8) is 0 Å². The first-order valence-electron chi connectivity index (χ1n) is 10.9. The Morgan fingerprint density at radius 1 is 1.00 bits per heavy atom. The fourth-order valence-electron chi connectivity index (χ4n) is 4.30. The second kappa shape index (κ2) is 8.88. The predicted octanol–water partition coefficient (Wildman–Crippen LogP) is 4.57. The van der Waals surface area contributed by atoms with Crippen LogP contribution in [0.4, 0.5) is 5.69 Å². The average molecular weight is 449 g/mol. The maximum absolute atomic E-state index is 11.2. The van der Waals surface area contributed by atoms with E-state index < -0.39 is 10.1 Å². The highest BCUT2D eigenvalue weighted by molar-refractivity contribution is 7.85. The van der Waals surface area contributed by atoms with Crippen molar-refractivity contribution in [1.29, 1.82) is 0 Å². The highest BCUT2D eigenvalue weighted by Crippen LogP contribution is 2.33. The molecule has 0 bridgehead atoms. The zero-order valence-electron chi connectivity index (χ0n) is 18.7. The van der Waals surface area contributed by atoms with Crippen LogP contribution in [0.3, 0.4) is 0 Å². The Kier molecular flexibility index (Phi) is 6.17. The number of anilines is 1. The molecule has 0 fully saturated rings. The molecule has 0 aliphatic carbocycles. The second-order valence-corrected chi connectivity index (χ2v) is 9.82. The lowest BCUT2D eigenvalue weighted by Crippen LogP contribution is -2.37. The molecule has 0 unspecified atom stereocenters. The number of nitrogens with zero attached hydrogens (tertiary/aromatic N) is 2. The van der Waals surface area contributed by atoms with Crippen LogP contribution in [0.5, 0.6) is 0 Å². The van der Waals surface area contributed by atoms with Gasteiger partial charge < -0.3 is 9.45 Å². The van der Waals surface area contributed by atoms with E-state index >= 15 is 0 Å². The van der Waals surface area contributed by atoms with Crippen molar-refractivity contribution < 1.29 is 17.5 Å². The number of fused-ring (bicyclic) bond motifs is 2. The SMILES string of the molecule is CC[n+]1c(/C=C2\C=Cc3ccc(C)cc3N2CCCS(=O)(=O)[O-])ccc2cc(C)ccc21. The summed E-state index contributed by atoms with van der Waals surface area (Å²) in [7, 11) is -4.24. The molecule has 0 saturated heterocycles. The van der Waals surface area contributed by atoms with Gasteiger partial charge in [0.05, 0.1) is 10.1 Å². The number of pyridine rings is 1. The van der Waals surface area contributed by atoms with Crippen LogP contribution in [0.1, 0.15) is 35.7 Å². The highest BCUT2D eigenvalue weighted by atomic mass is 32.2. The van der Waals surface area contributed by atoms with Crippen molar-refractivity contribution in [3.8, 4) is 0 Å². The molecule has 5 nitrogen and oxygen atoms in total. The Hall–Kier alpha value is -2.96. The summed E-state index contributed by atoms with van der Waals surface area (Å²) in [4.78, 5) is 2.12. The summed E-state index contributed by atoms with van der Waals surface area (Å²) in [6, 6.07) is 17.0. The van der Waals surface area contributed by atoms with Crippen molar-refractivity contribution in [2.45, 2.75) is 33.7 Å². The molecule has 2 aromatic carbocycles. The molecule has 1 aromatic heterocycles. The lowest BCUT2D eigenvalue weighted by Gasteiger charge is -2.31. The molecule has 32 heavy (non-hydrogen) atoms. The fraction of sp³-hybridized carbons (Fsp3) is 0.269. The van der Waals surface area contributed by atoms with Crippen molar-refractivity contribution in [1.82, 2.24) is 0 Å². The van der Waals surface area contributed by atoms with Gasteiger partial charge in [-0.25, -0.2) is 8.42 Å². The van der Waals surface area contributed by atoms with Gasteiger partial charge in [-0.3, -0.25) is 0 Å². The molecule has 2 heterocycles. The minimum Gasteiger partial charge on any atom is -0.748 e. The second-order valence-electron chi connectivity index (χ2n) is 8.30. The standard InChI is InChI=1S/C26H28N2O3S/c1-4-27-23(12-10-22-16-19(2)7-13-25(22)27)18-24-11-9-21-8-6-20(3)17-26(21)28(24)14-5-15-32(29,30)31/h6-13,16-18H,4-5,14-15H2,1-3H3. The molecule has 3 aromatic rings. The molecule has 0 amide bonds. The third kappa shape index (κ3) is 4.76. The molecule has 4 rings (SSSR count). The monoisotopic (exact) mass is 448 g/mol. The maximum Gasteiger partial charge on any atom is 0.212 e. The molecule has 0 N–H and O–H groups in total. The van der Waals surface area contributed by atoms with Crippen LogP contribution in [0.15, 0.2) is 60.3 Å². The molecule has 0 spiro atoms. The first-order chi connectivity index (χ1) is 15.2. The Bertz CT molecular complexity index is 1340. The van der Waals surface area contributed by atoms with Gasteiger partial charge in [0.25, 0.3) is 0 Å². The summed E-state index contributed by atoms with van der Waals surface area (Å²) >= 11 is 0. The highest BCUT2D eigenvalue weighted by Gasteiger charge is 2.20.